The number of hydrogen-bond acceptors (Lipinski definition) is 6. The summed E-state index contributed by atoms with van der Waals surface area (Å²) in [6.45, 7) is 3.22. The molecule has 1 rings (SSSR count). The molecule has 1 aliphatic heterocycles. The lowest BCUT2D eigenvalue weighted by Crippen LogP contribution is -2.33. The van der Waals surface area contributed by atoms with Crippen molar-refractivity contribution in [2.75, 3.05) is 33.4 Å². The van der Waals surface area contributed by atoms with Gasteiger partial charge in [-0.15, -0.1) is 0 Å². The summed E-state index contributed by atoms with van der Waals surface area (Å²) in [7, 11) is -4.81. The maximum absolute atomic E-state index is 13.1. The number of hydrogen-bond donors (Lipinski definition) is 0. The summed E-state index contributed by atoms with van der Waals surface area (Å²) >= 11 is 0. The van der Waals surface area contributed by atoms with Crippen molar-refractivity contribution in [3.63, 3.8) is 0 Å². The molecule has 1 saturated heterocycles. The Labute approximate surface area is 117 Å². The Morgan fingerprint density at radius 1 is 1.35 bits per heavy atom. The highest BCUT2D eigenvalue weighted by Crippen LogP contribution is 2.63. The molecule has 0 saturated carbocycles. The van der Waals surface area contributed by atoms with Gasteiger partial charge in [0, 0.05) is 6.54 Å². The van der Waals surface area contributed by atoms with E-state index in [0.717, 1.165) is 0 Å². The molecular weight excluding hydrogens is 321 g/mol. The van der Waals surface area contributed by atoms with Gasteiger partial charge in [-0.25, -0.2) is 4.67 Å². The van der Waals surface area contributed by atoms with Gasteiger partial charge in [-0.3, -0.25) is 9.09 Å². The Balaban J connectivity index is 2.95. The fraction of sp³-hybridized carbons (Fsp3) is 1.00. The summed E-state index contributed by atoms with van der Waals surface area (Å²) in [4.78, 5) is 0. The zero-order chi connectivity index (χ0) is 15.4. The minimum absolute atomic E-state index is 0.179. The third kappa shape index (κ3) is 4.63. The van der Waals surface area contributed by atoms with Crippen molar-refractivity contribution in [1.29, 1.82) is 0 Å². The molecule has 0 radical (unpaired) electrons. The lowest BCUT2D eigenvalue weighted by Gasteiger charge is -2.30. The van der Waals surface area contributed by atoms with E-state index in [0.29, 0.717) is 6.54 Å². The van der Waals surface area contributed by atoms with Gasteiger partial charge in [0.25, 0.3) is 14.4 Å². The van der Waals surface area contributed by atoms with E-state index < -0.39 is 28.1 Å². The highest BCUT2D eigenvalue weighted by atomic mass is 31.2. The Morgan fingerprint density at radius 3 is 2.25 bits per heavy atom. The molecule has 0 spiro atoms. The second-order valence-electron chi connectivity index (χ2n) is 3.83. The van der Waals surface area contributed by atoms with E-state index in [1.54, 1.807) is 7.05 Å². The molecule has 0 aromatic heterocycles. The summed E-state index contributed by atoms with van der Waals surface area (Å²) in [6.07, 6.45) is -4.88. The van der Waals surface area contributed by atoms with Crippen LogP contribution in [0.3, 0.4) is 0 Å². The molecule has 1 fully saturated rings. The zero-order valence-corrected chi connectivity index (χ0v) is 13.2. The molecule has 120 valence electrons. The first-order valence-electron chi connectivity index (χ1n) is 6.01. The molecule has 0 aromatic rings. The van der Waals surface area contributed by atoms with Crippen molar-refractivity contribution >= 4 is 16.1 Å². The highest BCUT2D eigenvalue weighted by Gasteiger charge is 2.57. The average molecular weight is 339 g/mol. The summed E-state index contributed by atoms with van der Waals surface area (Å²) in [5.74, 6) is -2.65. The summed E-state index contributed by atoms with van der Waals surface area (Å²) < 4.78 is 72.6. The molecule has 20 heavy (non-hydrogen) atoms. The number of nitrogens with zero attached hydrogens (tertiary/aromatic N) is 1. The van der Waals surface area contributed by atoms with E-state index >= 15 is 0 Å². The number of halogens is 3. The molecule has 0 bridgehead atoms. The molecule has 0 amide bonds. The third-order valence-electron chi connectivity index (χ3n) is 2.27. The van der Waals surface area contributed by atoms with Crippen LogP contribution in [0.1, 0.15) is 13.8 Å². The van der Waals surface area contributed by atoms with E-state index in [-0.39, 0.29) is 19.8 Å². The highest BCUT2D eigenvalue weighted by molar-refractivity contribution is 7.55. The summed E-state index contributed by atoms with van der Waals surface area (Å²) in [5.41, 5.74) is 0. The molecule has 0 aliphatic carbocycles. The van der Waals surface area contributed by atoms with Crippen LogP contribution >= 0.6 is 16.1 Å². The average Bonchev–Trinajstić information content (AvgIpc) is 2.70. The first-order valence-corrected chi connectivity index (χ1v) is 8.75. The summed E-state index contributed by atoms with van der Waals surface area (Å²) in [5, 5.41) is 0. The fourth-order valence-electron chi connectivity index (χ4n) is 1.46. The van der Waals surface area contributed by atoms with E-state index in [1.165, 1.54) is 18.5 Å². The van der Waals surface area contributed by atoms with Crippen LogP contribution in [0.15, 0.2) is 0 Å². The van der Waals surface area contributed by atoms with Gasteiger partial charge < -0.3 is 13.6 Å². The largest absolute Gasteiger partial charge is 0.426 e. The Morgan fingerprint density at radius 2 is 1.90 bits per heavy atom. The standard InChI is InChI=1S/C9H18F3NO5P2/c1-4-16-20(14,17-5-2)8(9(10,11)12)18-19-13(3)6-7-15-19/h8H,4-7H2,1-3H3. The lowest BCUT2D eigenvalue weighted by atomic mass is 10.7. The van der Waals surface area contributed by atoms with Crippen molar-refractivity contribution in [3.8, 4) is 0 Å². The van der Waals surface area contributed by atoms with E-state index in [4.69, 9.17) is 18.1 Å². The van der Waals surface area contributed by atoms with E-state index in [9.17, 15) is 17.7 Å². The zero-order valence-electron chi connectivity index (χ0n) is 11.4. The van der Waals surface area contributed by atoms with Gasteiger partial charge >= 0.3 is 13.8 Å². The van der Waals surface area contributed by atoms with Crippen molar-refractivity contribution in [3.05, 3.63) is 0 Å². The van der Waals surface area contributed by atoms with Crippen molar-refractivity contribution < 1.29 is 35.8 Å². The smallest absolute Gasteiger partial charge is 0.321 e. The van der Waals surface area contributed by atoms with Gasteiger partial charge in [0.05, 0.1) is 19.8 Å². The first-order chi connectivity index (χ1) is 9.24. The maximum atomic E-state index is 13.1. The third-order valence-corrected chi connectivity index (χ3v) is 6.20. The quantitative estimate of drug-likeness (QED) is 0.663. The Bertz CT molecular complexity index is 347. The number of likely N-dealkylation sites (N-methyl/N-ethyl adjacent to an activating group) is 1. The Kier molecular flexibility index (Phi) is 6.86. The second kappa shape index (κ2) is 7.49. The molecule has 2 unspecified atom stereocenters. The van der Waals surface area contributed by atoms with Crippen LogP contribution < -0.4 is 0 Å². The first kappa shape index (κ1) is 18.3. The lowest BCUT2D eigenvalue weighted by molar-refractivity contribution is -0.176. The van der Waals surface area contributed by atoms with Gasteiger partial charge in [-0.05, 0) is 20.9 Å². The SMILES string of the molecule is CCOP(=O)(OCC)C(OP1OCCN1C)C(F)(F)F. The van der Waals surface area contributed by atoms with Gasteiger partial charge in [-0.1, -0.05) is 0 Å². The molecule has 2 atom stereocenters. The molecule has 1 heterocycles. The van der Waals surface area contributed by atoms with Crippen LogP contribution in [0.4, 0.5) is 13.2 Å². The molecule has 0 aromatic carbocycles. The second-order valence-corrected chi connectivity index (χ2v) is 7.52. The van der Waals surface area contributed by atoms with Crippen LogP contribution in [0.2, 0.25) is 0 Å². The van der Waals surface area contributed by atoms with Gasteiger partial charge in [0.2, 0.25) is 0 Å². The predicted molar refractivity (Wildman–Crippen MR) is 67.3 cm³/mol. The van der Waals surface area contributed by atoms with Crippen molar-refractivity contribution in [2.24, 2.45) is 0 Å². The number of alkyl halides is 3. The number of rotatable bonds is 7. The molecule has 1 aliphatic rings. The monoisotopic (exact) mass is 339 g/mol. The van der Waals surface area contributed by atoms with Crippen LogP contribution in [-0.2, 0) is 22.7 Å². The summed E-state index contributed by atoms with van der Waals surface area (Å²) in [6, 6.07) is 0. The van der Waals surface area contributed by atoms with Crippen LogP contribution in [0.25, 0.3) is 0 Å². The minimum atomic E-state index is -4.88. The van der Waals surface area contributed by atoms with Gasteiger partial charge in [-0.2, -0.15) is 13.2 Å². The fourth-order valence-corrected chi connectivity index (χ4v) is 4.78. The van der Waals surface area contributed by atoms with Gasteiger partial charge in [0.1, 0.15) is 0 Å². The van der Waals surface area contributed by atoms with Crippen molar-refractivity contribution in [1.82, 2.24) is 4.67 Å². The normalized spacial score (nSPS) is 23.2. The molecule has 11 heteroatoms. The van der Waals surface area contributed by atoms with Crippen LogP contribution in [0, 0.1) is 0 Å². The van der Waals surface area contributed by atoms with E-state index in [1.807, 2.05) is 0 Å². The molecule has 6 nitrogen and oxygen atoms in total. The Hall–Kier alpha value is 0.250. The van der Waals surface area contributed by atoms with Crippen LogP contribution in [0.5, 0.6) is 0 Å². The van der Waals surface area contributed by atoms with Crippen LogP contribution in [-0.4, -0.2) is 50.1 Å². The molecule has 0 N–H and O–H groups in total. The topological polar surface area (TPSA) is 57.2 Å². The van der Waals surface area contributed by atoms with Crippen molar-refractivity contribution in [2.45, 2.75) is 25.9 Å². The van der Waals surface area contributed by atoms with E-state index in [2.05, 4.69) is 0 Å². The minimum Gasteiger partial charge on any atom is -0.321 e. The maximum Gasteiger partial charge on any atom is 0.426 e. The molecular formula is C9H18F3NO5P2. The predicted octanol–water partition coefficient (Wildman–Crippen LogP) is 3.35. The van der Waals surface area contributed by atoms with Gasteiger partial charge in [0.15, 0.2) is 0 Å².